The van der Waals surface area contributed by atoms with Gasteiger partial charge in [0.05, 0.1) is 22.7 Å². The average Bonchev–Trinajstić information content (AvgIpc) is 2.60. The average molecular weight is 365 g/mol. The summed E-state index contributed by atoms with van der Waals surface area (Å²) in [5.74, 6) is 0.898. The van der Waals surface area contributed by atoms with Crippen LogP contribution in [-0.2, 0) is 0 Å². The van der Waals surface area contributed by atoms with Crippen molar-refractivity contribution in [2.75, 3.05) is 32.8 Å². The number of nitrogens with one attached hydrogen (secondary N) is 1. The summed E-state index contributed by atoms with van der Waals surface area (Å²) in [7, 11) is 0. The standard InChI is InChI=1S/C19H22Cl2N2O/c1-2-24-16-5-3-4-14(12-16)19(23-10-8-22-9-11-23)15-6-7-17(20)18(21)13-15/h3-7,12-13,19,22H,2,8-11H2,1H3. The van der Waals surface area contributed by atoms with Gasteiger partial charge in [0.15, 0.2) is 0 Å². The molecule has 1 unspecified atom stereocenters. The van der Waals surface area contributed by atoms with Gasteiger partial charge in [-0.2, -0.15) is 0 Å². The first-order chi connectivity index (χ1) is 11.7. The smallest absolute Gasteiger partial charge is 0.119 e. The van der Waals surface area contributed by atoms with Crippen molar-refractivity contribution in [3.63, 3.8) is 0 Å². The molecule has 0 aliphatic carbocycles. The Hall–Kier alpha value is -1.26. The van der Waals surface area contributed by atoms with E-state index >= 15 is 0 Å². The van der Waals surface area contributed by atoms with Crippen LogP contribution in [0.5, 0.6) is 5.75 Å². The number of ether oxygens (including phenoxy) is 1. The molecule has 0 radical (unpaired) electrons. The maximum absolute atomic E-state index is 6.28. The Morgan fingerprint density at radius 2 is 1.79 bits per heavy atom. The van der Waals surface area contributed by atoms with Gasteiger partial charge in [-0.25, -0.2) is 0 Å². The molecule has 1 aliphatic heterocycles. The van der Waals surface area contributed by atoms with Crippen LogP contribution < -0.4 is 10.1 Å². The predicted molar refractivity (Wildman–Crippen MR) is 100 cm³/mol. The van der Waals surface area contributed by atoms with Crippen molar-refractivity contribution in [1.29, 1.82) is 0 Å². The van der Waals surface area contributed by atoms with E-state index in [4.69, 9.17) is 27.9 Å². The van der Waals surface area contributed by atoms with E-state index in [1.165, 1.54) is 5.56 Å². The predicted octanol–water partition coefficient (Wildman–Crippen LogP) is 4.39. The number of piperazine rings is 1. The number of nitrogens with zero attached hydrogens (tertiary/aromatic N) is 1. The molecule has 5 heteroatoms. The van der Waals surface area contributed by atoms with Crippen LogP contribution in [0.1, 0.15) is 24.1 Å². The maximum Gasteiger partial charge on any atom is 0.119 e. The number of benzene rings is 2. The van der Waals surface area contributed by atoms with Crippen LogP contribution in [0.2, 0.25) is 10.0 Å². The molecule has 1 N–H and O–H groups in total. The molecule has 0 spiro atoms. The summed E-state index contributed by atoms with van der Waals surface area (Å²) in [6.07, 6.45) is 0. The lowest BCUT2D eigenvalue weighted by Gasteiger charge is -2.35. The summed E-state index contributed by atoms with van der Waals surface area (Å²) in [6, 6.07) is 14.4. The second kappa shape index (κ2) is 8.21. The second-order valence-corrected chi connectivity index (χ2v) is 6.68. The van der Waals surface area contributed by atoms with E-state index in [0.29, 0.717) is 16.7 Å². The van der Waals surface area contributed by atoms with Crippen LogP contribution >= 0.6 is 23.2 Å². The van der Waals surface area contributed by atoms with Crippen molar-refractivity contribution < 1.29 is 4.74 Å². The summed E-state index contributed by atoms with van der Waals surface area (Å²) in [5.41, 5.74) is 2.36. The molecule has 2 aromatic rings. The Morgan fingerprint density at radius 3 is 2.50 bits per heavy atom. The fraction of sp³-hybridized carbons (Fsp3) is 0.368. The lowest BCUT2D eigenvalue weighted by atomic mass is 9.96. The monoisotopic (exact) mass is 364 g/mol. The van der Waals surface area contributed by atoms with E-state index in [9.17, 15) is 0 Å². The van der Waals surface area contributed by atoms with Gasteiger partial charge in [-0.1, -0.05) is 41.4 Å². The summed E-state index contributed by atoms with van der Waals surface area (Å²) < 4.78 is 5.68. The molecule has 0 aromatic heterocycles. The van der Waals surface area contributed by atoms with E-state index in [-0.39, 0.29) is 6.04 Å². The first-order valence-electron chi connectivity index (χ1n) is 8.31. The summed E-state index contributed by atoms with van der Waals surface area (Å²) in [4.78, 5) is 2.47. The van der Waals surface area contributed by atoms with Crippen molar-refractivity contribution in [1.82, 2.24) is 10.2 Å². The molecule has 1 fully saturated rings. The summed E-state index contributed by atoms with van der Waals surface area (Å²) in [6.45, 7) is 6.62. The minimum Gasteiger partial charge on any atom is -0.494 e. The number of hydrogen-bond acceptors (Lipinski definition) is 3. The second-order valence-electron chi connectivity index (χ2n) is 5.87. The Labute approximate surface area is 153 Å². The fourth-order valence-electron chi connectivity index (χ4n) is 3.18. The van der Waals surface area contributed by atoms with Crippen LogP contribution in [-0.4, -0.2) is 37.7 Å². The normalized spacial score (nSPS) is 16.8. The number of rotatable bonds is 5. The molecule has 1 aliphatic rings. The molecule has 1 atom stereocenters. The highest BCUT2D eigenvalue weighted by atomic mass is 35.5. The number of halogens is 2. The topological polar surface area (TPSA) is 24.5 Å². The highest BCUT2D eigenvalue weighted by Crippen LogP contribution is 2.34. The van der Waals surface area contributed by atoms with Crippen molar-refractivity contribution >= 4 is 23.2 Å². The zero-order chi connectivity index (χ0) is 16.9. The van der Waals surface area contributed by atoms with Gasteiger partial charge in [0.25, 0.3) is 0 Å². The Kier molecular flexibility index (Phi) is 6.01. The zero-order valence-corrected chi connectivity index (χ0v) is 15.3. The molecule has 0 saturated carbocycles. The molecule has 0 amide bonds. The highest BCUT2D eigenvalue weighted by molar-refractivity contribution is 6.42. The third-order valence-electron chi connectivity index (χ3n) is 4.26. The van der Waals surface area contributed by atoms with Gasteiger partial charge in [0.2, 0.25) is 0 Å². The van der Waals surface area contributed by atoms with Crippen molar-refractivity contribution in [2.45, 2.75) is 13.0 Å². The molecular weight excluding hydrogens is 343 g/mol. The maximum atomic E-state index is 6.28. The van der Waals surface area contributed by atoms with Gasteiger partial charge >= 0.3 is 0 Å². The van der Waals surface area contributed by atoms with Crippen molar-refractivity contribution in [3.8, 4) is 5.75 Å². The van der Waals surface area contributed by atoms with Crippen LogP contribution in [0, 0.1) is 0 Å². The largest absolute Gasteiger partial charge is 0.494 e. The van der Waals surface area contributed by atoms with E-state index in [2.05, 4.69) is 28.4 Å². The van der Waals surface area contributed by atoms with Gasteiger partial charge in [0, 0.05) is 26.2 Å². The molecule has 24 heavy (non-hydrogen) atoms. The zero-order valence-electron chi connectivity index (χ0n) is 13.8. The molecule has 1 heterocycles. The quantitative estimate of drug-likeness (QED) is 0.851. The van der Waals surface area contributed by atoms with E-state index < -0.39 is 0 Å². The lowest BCUT2D eigenvalue weighted by Crippen LogP contribution is -2.45. The van der Waals surface area contributed by atoms with Gasteiger partial charge in [-0.3, -0.25) is 4.90 Å². The fourth-order valence-corrected chi connectivity index (χ4v) is 3.48. The Morgan fingerprint density at radius 1 is 1.04 bits per heavy atom. The third kappa shape index (κ3) is 4.04. The van der Waals surface area contributed by atoms with Crippen molar-refractivity contribution in [2.24, 2.45) is 0 Å². The van der Waals surface area contributed by atoms with Crippen molar-refractivity contribution in [3.05, 3.63) is 63.6 Å². The van der Waals surface area contributed by atoms with E-state index in [1.54, 1.807) is 0 Å². The number of hydrogen-bond donors (Lipinski definition) is 1. The SMILES string of the molecule is CCOc1cccc(C(c2ccc(Cl)c(Cl)c2)N2CCNCC2)c1. The molecule has 3 nitrogen and oxygen atoms in total. The molecule has 128 valence electrons. The summed E-state index contributed by atoms with van der Waals surface area (Å²) >= 11 is 12.4. The minimum absolute atomic E-state index is 0.141. The van der Waals surface area contributed by atoms with Crippen LogP contribution in [0.25, 0.3) is 0 Å². The van der Waals surface area contributed by atoms with Crippen LogP contribution in [0.15, 0.2) is 42.5 Å². The van der Waals surface area contributed by atoms with Gasteiger partial charge in [0.1, 0.15) is 5.75 Å². The molecule has 3 rings (SSSR count). The molecule has 2 aromatic carbocycles. The molecule has 0 bridgehead atoms. The first kappa shape index (κ1) is 17.6. The van der Waals surface area contributed by atoms with Gasteiger partial charge < -0.3 is 10.1 Å². The first-order valence-corrected chi connectivity index (χ1v) is 9.07. The highest BCUT2D eigenvalue weighted by Gasteiger charge is 2.24. The van der Waals surface area contributed by atoms with E-state index in [1.807, 2.05) is 31.2 Å². The molecule has 1 saturated heterocycles. The van der Waals surface area contributed by atoms with Gasteiger partial charge in [-0.05, 0) is 42.3 Å². The van der Waals surface area contributed by atoms with E-state index in [0.717, 1.165) is 37.5 Å². The summed E-state index contributed by atoms with van der Waals surface area (Å²) in [5, 5.41) is 4.59. The van der Waals surface area contributed by atoms with Crippen LogP contribution in [0.3, 0.4) is 0 Å². The lowest BCUT2D eigenvalue weighted by molar-refractivity contribution is 0.198. The third-order valence-corrected chi connectivity index (χ3v) is 5.00. The molecular formula is C19H22Cl2N2O. The van der Waals surface area contributed by atoms with Gasteiger partial charge in [-0.15, -0.1) is 0 Å². The Bertz CT molecular complexity index is 687. The minimum atomic E-state index is 0.141. The van der Waals surface area contributed by atoms with Crippen LogP contribution in [0.4, 0.5) is 0 Å². The Balaban J connectivity index is 2.00.